The van der Waals surface area contributed by atoms with Crippen molar-refractivity contribution in [1.82, 2.24) is 25.1 Å². The van der Waals surface area contributed by atoms with Crippen LogP contribution in [0.2, 0.25) is 25.7 Å². The van der Waals surface area contributed by atoms with Crippen LogP contribution in [0.1, 0.15) is 44.9 Å². The maximum absolute atomic E-state index is 14.8. The SMILES string of the molecule is C#CCNCC#Cc1ccc(OCCCc2sc(N3CCCc4c3nnc(N=c3sc5ccccc5n3COCC[Si](C)(C)C)c4C)nc2C(=O)OC)c(F)c1. The number of hydrogen-bond donors (Lipinski definition) is 1. The lowest BCUT2D eigenvalue weighted by Gasteiger charge is -2.28. The normalized spacial score (nSPS) is 12.9. The zero-order valence-corrected chi connectivity index (χ0v) is 35.0. The molecule has 0 aliphatic carbocycles. The Balaban J connectivity index is 1.18. The number of nitrogens with zero attached hydrogens (tertiary/aromatic N) is 6. The van der Waals surface area contributed by atoms with E-state index in [9.17, 15) is 9.18 Å². The first kappa shape index (κ1) is 40.8. The molecule has 0 radical (unpaired) electrons. The van der Waals surface area contributed by atoms with Crippen LogP contribution in [0.3, 0.4) is 0 Å². The van der Waals surface area contributed by atoms with Gasteiger partial charge in [-0.3, -0.25) is 9.88 Å². The molecule has 0 bridgehead atoms. The summed E-state index contributed by atoms with van der Waals surface area (Å²) in [5.74, 6) is 8.69. The summed E-state index contributed by atoms with van der Waals surface area (Å²) in [4.78, 5) is 26.3. The monoisotopic (exact) mass is 811 g/mol. The Morgan fingerprint density at radius 3 is 2.75 bits per heavy atom. The zero-order valence-electron chi connectivity index (χ0n) is 32.4. The molecular formula is C41H46FN7O4S2Si. The summed E-state index contributed by atoms with van der Waals surface area (Å²) in [5, 5.41) is 12.9. The van der Waals surface area contributed by atoms with Gasteiger partial charge < -0.3 is 19.1 Å². The van der Waals surface area contributed by atoms with Crippen LogP contribution in [0.25, 0.3) is 10.2 Å². The van der Waals surface area contributed by atoms with E-state index in [0.717, 1.165) is 49.9 Å². The number of aromatic nitrogens is 4. The van der Waals surface area contributed by atoms with Crippen LogP contribution in [0.15, 0.2) is 47.5 Å². The zero-order chi connectivity index (χ0) is 39.7. The summed E-state index contributed by atoms with van der Waals surface area (Å²) in [6.45, 7) is 11.9. The number of ether oxygens (including phenoxy) is 3. The van der Waals surface area contributed by atoms with Crippen molar-refractivity contribution in [2.24, 2.45) is 4.99 Å². The minimum absolute atomic E-state index is 0.136. The van der Waals surface area contributed by atoms with Crippen LogP contribution in [0.5, 0.6) is 5.75 Å². The van der Waals surface area contributed by atoms with E-state index in [1.165, 1.54) is 24.5 Å². The lowest BCUT2D eigenvalue weighted by atomic mass is 10.0. The lowest BCUT2D eigenvalue weighted by Crippen LogP contribution is -2.27. The molecular weight excluding hydrogens is 766 g/mol. The summed E-state index contributed by atoms with van der Waals surface area (Å²) in [6.07, 6.45) is 7.90. The third-order valence-electron chi connectivity index (χ3n) is 9.07. The standard InChI is InChI=1S/C41H46FN7O4S2Si/c1-7-20-43-21-10-13-29-18-19-33(31(42)26-29)53-23-12-17-35-36(39(50)51-3)44-40(55-35)48-22-11-14-30-28(2)37(46-47-38(30)48)45-41-49(27-52-24-25-56(4,5)6)32-15-8-9-16-34(32)54-41/h1,8-9,15-16,18-19,26,43H,11-12,14,17,20-25,27H2,2-6H3. The van der Waals surface area contributed by atoms with E-state index in [2.05, 4.69) is 64.5 Å². The highest BCUT2D eigenvalue weighted by Gasteiger charge is 2.29. The number of para-hydroxylation sites is 1. The Hall–Kier alpha value is -4.90. The molecule has 56 heavy (non-hydrogen) atoms. The van der Waals surface area contributed by atoms with E-state index < -0.39 is 19.9 Å². The fourth-order valence-electron chi connectivity index (χ4n) is 6.05. The highest BCUT2D eigenvalue weighted by Crippen LogP contribution is 2.39. The fraction of sp³-hybridized carbons (Fsp3) is 0.390. The Morgan fingerprint density at radius 1 is 1.12 bits per heavy atom. The van der Waals surface area contributed by atoms with Gasteiger partial charge in [0.05, 0.1) is 37.0 Å². The van der Waals surface area contributed by atoms with E-state index in [1.54, 1.807) is 23.5 Å². The van der Waals surface area contributed by atoms with E-state index in [0.29, 0.717) is 68.1 Å². The van der Waals surface area contributed by atoms with Crippen LogP contribution in [-0.4, -0.2) is 73.7 Å². The molecule has 1 aliphatic heterocycles. The lowest BCUT2D eigenvalue weighted by molar-refractivity contribution is 0.0593. The Bertz CT molecular complexity index is 2370. The molecule has 0 fully saturated rings. The number of fused-ring (bicyclic) bond motifs is 2. The maximum Gasteiger partial charge on any atom is 0.357 e. The molecule has 3 aromatic heterocycles. The van der Waals surface area contributed by atoms with Crippen molar-refractivity contribution < 1.29 is 23.4 Å². The number of esters is 1. The van der Waals surface area contributed by atoms with E-state index in [4.69, 9.17) is 35.7 Å². The van der Waals surface area contributed by atoms with Crippen molar-refractivity contribution in [1.29, 1.82) is 0 Å². The average molecular weight is 812 g/mol. The number of benzene rings is 2. The molecule has 6 rings (SSSR count). The molecule has 15 heteroatoms. The van der Waals surface area contributed by atoms with Gasteiger partial charge in [-0.25, -0.2) is 14.2 Å². The van der Waals surface area contributed by atoms with Gasteiger partial charge in [-0.1, -0.05) is 60.9 Å². The van der Waals surface area contributed by atoms with Gasteiger partial charge >= 0.3 is 5.97 Å². The molecule has 11 nitrogen and oxygen atoms in total. The predicted octanol–water partition coefficient (Wildman–Crippen LogP) is 7.40. The van der Waals surface area contributed by atoms with Crippen molar-refractivity contribution in [3.63, 3.8) is 0 Å². The number of carbonyl (C=O) groups is 1. The molecule has 0 atom stereocenters. The molecule has 2 aromatic carbocycles. The van der Waals surface area contributed by atoms with Crippen molar-refractivity contribution in [3.05, 3.63) is 80.3 Å². The van der Waals surface area contributed by atoms with Gasteiger partial charge in [-0.05, 0) is 69.0 Å². The quantitative estimate of drug-likeness (QED) is 0.0500. The van der Waals surface area contributed by atoms with Gasteiger partial charge in [0.25, 0.3) is 0 Å². The van der Waals surface area contributed by atoms with E-state index in [-0.39, 0.29) is 18.1 Å². The van der Waals surface area contributed by atoms with Gasteiger partial charge in [0.2, 0.25) is 0 Å². The molecule has 0 spiro atoms. The first-order chi connectivity index (χ1) is 27.1. The molecule has 292 valence electrons. The Kier molecular flexibility index (Phi) is 13.7. The maximum atomic E-state index is 14.8. The minimum Gasteiger partial charge on any atom is -0.491 e. The fourth-order valence-corrected chi connectivity index (χ4v) is 8.94. The number of carbonyl (C=O) groups excluding carboxylic acids is 1. The first-order valence-corrected chi connectivity index (χ1v) is 23.9. The number of rotatable bonds is 15. The number of hydrogen-bond acceptors (Lipinski definition) is 12. The predicted molar refractivity (Wildman–Crippen MR) is 223 cm³/mol. The highest BCUT2D eigenvalue weighted by molar-refractivity contribution is 7.16. The summed E-state index contributed by atoms with van der Waals surface area (Å²) in [7, 11) is 0.116. The second-order valence-electron chi connectivity index (χ2n) is 14.4. The number of thiazole rings is 2. The second-order valence-corrected chi connectivity index (χ2v) is 22.1. The number of anilines is 2. The van der Waals surface area contributed by atoms with Gasteiger partial charge in [0.1, 0.15) is 6.73 Å². The van der Waals surface area contributed by atoms with E-state index in [1.807, 2.05) is 24.0 Å². The first-order valence-electron chi connectivity index (χ1n) is 18.5. The second kappa shape index (κ2) is 18.8. The topological polar surface area (TPSA) is 116 Å². The molecule has 1 N–H and O–H groups in total. The van der Waals surface area contributed by atoms with Gasteiger partial charge in [-0.2, -0.15) is 4.99 Å². The van der Waals surface area contributed by atoms with Crippen LogP contribution >= 0.6 is 22.7 Å². The van der Waals surface area contributed by atoms with Crippen LogP contribution in [0, 0.1) is 36.9 Å². The highest BCUT2D eigenvalue weighted by atomic mass is 32.1. The van der Waals surface area contributed by atoms with Crippen LogP contribution in [0.4, 0.5) is 21.2 Å². The van der Waals surface area contributed by atoms with Gasteiger partial charge in [0.15, 0.2) is 38.8 Å². The molecule has 0 saturated heterocycles. The summed E-state index contributed by atoms with van der Waals surface area (Å²) in [6, 6.07) is 14.0. The van der Waals surface area contributed by atoms with Crippen molar-refractivity contribution in [2.75, 3.05) is 44.9 Å². The number of methoxy groups -OCH3 is 1. The van der Waals surface area contributed by atoms with Crippen molar-refractivity contribution in [3.8, 4) is 29.9 Å². The van der Waals surface area contributed by atoms with E-state index >= 15 is 0 Å². The van der Waals surface area contributed by atoms with Gasteiger partial charge in [-0.15, -0.1) is 28.0 Å². The number of nitrogens with one attached hydrogen (secondary N) is 1. The minimum atomic E-state index is -1.23. The van der Waals surface area contributed by atoms with Crippen molar-refractivity contribution in [2.45, 2.75) is 65.0 Å². The molecule has 0 saturated carbocycles. The summed E-state index contributed by atoms with van der Waals surface area (Å²) < 4.78 is 35.0. The Labute approximate surface area is 336 Å². The van der Waals surface area contributed by atoms with Crippen LogP contribution in [-0.2, 0) is 29.0 Å². The molecule has 0 amide bonds. The number of halogens is 1. The Morgan fingerprint density at radius 2 is 1.96 bits per heavy atom. The average Bonchev–Trinajstić information content (AvgIpc) is 3.77. The summed E-state index contributed by atoms with van der Waals surface area (Å²) >= 11 is 3.02. The largest absolute Gasteiger partial charge is 0.491 e. The summed E-state index contributed by atoms with van der Waals surface area (Å²) in [5.41, 5.74) is 3.87. The van der Waals surface area contributed by atoms with Crippen molar-refractivity contribution >= 4 is 63.7 Å². The number of terminal acetylenes is 1. The third kappa shape index (κ3) is 10.1. The van der Waals surface area contributed by atoms with Crippen LogP contribution < -0.4 is 19.8 Å². The molecule has 5 aromatic rings. The van der Waals surface area contributed by atoms with Gasteiger partial charge in [0, 0.05) is 42.8 Å². The molecule has 0 unspecified atom stereocenters. The third-order valence-corrected chi connectivity index (χ3v) is 13.0. The molecule has 4 heterocycles. The molecule has 1 aliphatic rings. The smallest absolute Gasteiger partial charge is 0.357 e. The number of aryl methyl sites for hydroxylation is 1.